The van der Waals surface area contributed by atoms with E-state index in [9.17, 15) is 9.50 Å². The standard InChI is InChI=1S/C19H28ClFN2O/c20-18-7-4-8-19(21)17(18)14-22-10-11-23(16(13-22)9-12-24)15-5-2-1-3-6-15/h4,7-8,15-16,24H,1-3,5-6,9-14H2/t16-/m0/s1. The van der Waals surface area contributed by atoms with Crippen LogP contribution in [0.5, 0.6) is 0 Å². The molecule has 5 heteroatoms. The van der Waals surface area contributed by atoms with Gasteiger partial charge in [-0.25, -0.2) is 4.39 Å². The number of hydrogen-bond donors (Lipinski definition) is 1. The van der Waals surface area contributed by atoms with Crippen LogP contribution in [-0.4, -0.2) is 53.2 Å². The third-order valence-electron chi connectivity index (χ3n) is 5.56. The van der Waals surface area contributed by atoms with Crippen LogP contribution in [0.25, 0.3) is 0 Å². The lowest BCUT2D eigenvalue weighted by Gasteiger charge is -2.46. The van der Waals surface area contributed by atoms with Gasteiger partial charge in [0.25, 0.3) is 0 Å². The molecule has 1 aliphatic carbocycles. The highest BCUT2D eigenvalue weighted by Crippen LogP contribution is 2.28. The van der Waals surface area contributed by atoms with Gasteiger partial charge < -0.3 is 5.11 Å². The first-order valence-electron chi connectivity index (χ1n) is 9.21. The minimum atomic E-state index is -0.226. The fraction of sp³-hybridized carbons (Fsp3) is 0.684. The molecule has 134 valence electrons. The Bertz CT molecular complexity index is 516. The Labute approximate surface area is 149 Å². The lowest BCUT2D eigenvalue weighted by atomic mass is 9.91. The molecule has 3 nitrogen and oxygen atoms in total. The van der Waals surface area contributed by atoms with Crippen molar-refractivity contribution in [2.24, 2.45) is 0 Å². The van der Waals surface area contributed by atoms with Gasteiger partial charge in [0.15, 0.2) is 0 Å². The number of benzene rings is 1. The van der Waals surface area contributed by atoms with Gasteiger partial charge in [-0.2, -0.15) is 0 Å². The van der Waals surface area contributed by atoms with E-state index in [0.29, 0.717) is 29.2 Å². The quantitative estimate of drug-likeness (QED) is 0.873. The fourth-order valence-corrected chi connectivity index (χ4v) is 4.51. The summed E-state index contributed by atoms with van der Waals surface area (Å²) >= 11 is 6.18. The molecule has 1 saturated heterocycles. The van der Waals surface area contributed by atoms with Crippen LogP contribution in [0.3, 0.4) is 0 Å². The summed E-state index contributed by atoms with van der Waals surface area (Å²) in [5.41, 5.74) is 0.591. The molecule has 24 heavy (non-hydrogen) atoms. The number of rotatable bonds is 5. The van der Waals surface area contributed by atoms with Crippen molar-refractivity contribution in [1.29, 1.82) is 0 Å². The monoisotopic (exact) mass is 354 g/mol. The average Bonchev–Trinajstić information content (AvgIpc) is 2.60. The summed E-state index contributed by atoms with van der Waals surface area (Å²) in [6, 6.07) is 5.90. The Hall–Kier alpha value is -0.680. The van der Waals surface area contributed by atoms with E-state index in [-0.39, 0.29) is 12.4 Å². The van der Waals surface area contributed by atoms with Crippen molar-refractivity contribution >= 4 is 11.6 Å². The van der Waals surface area contributed by atoms with Crippen LogP contribution < -0.4 is 0 Å². The summed E-state index contributed by atoms with van der Waals surface area (Å²) in [6.45, 7) is 3.57. The van der Waals surface area contributed by atoms with Crippen LogP contribution in [0.15, 0.2) is 18.2 Å². The van der Waals surface area contributed by atoms with Gasteiger partial charge in [0.05, 0.1) is 0 Å². The molecular formula is C19H28ClFN2O. The van der Waals surface area contributed by atoms with Crippen molar-refractivity contribution in [3.63, 3.8) is 0 Å². The summed E-state index contributed by atoms with van der Waals surface area (Å²) in [7, 11) is 0. The number of aliphatic hydroxyl groups excluding tert-OH is 1. The summed E-state index contributed by atoms with van der Waals surface area (Å²) in [5.74, 6) is -0.226. The SMILES string of the molecule is OCC[C@H]1CN(Cc2c(F)cccc2Cl)CCN1C1CCCCC1. The van der Waals surface area contributed by atoms with E-state index in [2.05, 4.69) is 9.80 Å². The molecule has 1 atom stereocenters. The maximum absolute atomic E-state index is 14.1. The van der Waals surface area contributed by atoms with Crippen LogP contribution in [0.4, 0.5) is 4.39 Å². The summed E-state index contributed by atoms with van der Waals surface area (Å²) < 4.78 is 14.1. The van der Waals surface area contributed by atoms with E-state index in [1.807, 2.05) is 0 Å². The molecule has 0 unspecified atom stereocenters. The first-order valence-corrected chi connectivity index (χ1v) is 9.58. The summed E-state index contributed by atoms with van der Waals surface area (Å²) in [4.78, 5) is 4.89. The number of hydrogen-bond acceptors (Lipinski definition) is 3. The molecule has 1 aromatic rings. The zero-order chi connectivity index (χ0) is 16.9. The van der Waals surface area contributed by atoms with Gasteiger partial charge in [0, 0.05) is 55.5 Å². The van der Waals surface area contributed by atoms with Gasteiger partial charge in [-0.05, 0) is 31.4 Å². The zero-order valence-corrected chi connectivity index (χ0v) is 15.0. The van der Waals surface area contributed by atoms with Gasteiger partial charge in [0.1, 0.15) is 5.82 Å². The second-order valence-corrected chi connectivity index (χ2v) is 7.54. The van der Waals surface area contributed by atoms with Gasteiger partial charge in [0.2, 0.25) is 0 Å². The van der Waals surface area contributed by atoms with Crippen molar-refractivity contribution in [2.75, 3.05) is 26.2 Å². The predicted octanol–water partition coefficient (Wildman–Crippen LogP) is 3.68. The highest BCUT2D eigenvalue weighted by atomic mass is 35.5. The first kappa shape index (κ1) is 18.1. The van der Waals surface area contributed by atoms with E-state index in [1.54, 1.807) is 12.1 Å². The Balaban J connectivity index is 1.66. The maximum Gasteiger partial charge on any atom is 0.129 e. The van der Waals surface area contributed by atoms with Crippen molar-refractivity contribution in [3.05, 3.63) is 34.6 Å². The van der Waals surface area contributed by atoms with Crippen LogP contribution in [0.1, 0.15) is 44.1 Å². The molecule has 0 aromatic heterocycles. The number of piperazine rings is 1. The number of nitrogens with zero attached hydrogens (tertiary/aromatic N) is 2. The molecule has 1 saturated carbocycles. The molecule has 1 aliphatic heterocycles. The highest BCUT2D eigenvalue weighted by molar-refractivity contribution is 6.31. The molecule has 2 aliphatic rings. The van der Waals surface area contributed by atoms with Crippen LogP contribution >= 0.6 is 11.6 Å². The Morgan fingerprint density at radius 2 is 1.96 bits per heavy atom. The second kappa shape index (κ2) is 8.61. The number of halogens is 2. The minimum absolute atomic E-state index is 0.210. The third kappa shape index (κ3) is 4.29. The van der Waals surface area contributed by atoms with E-state index in [4.69, 9.17) is 11.6 Å². The van der Waals surface area contributed by atoms with E-state index < -0.39 is 0 Å². The maximum atomic E-state index is 14.1. The van der Waals surface area contributed by atoms with Gasteiger partial charge in [-0.3, -0.25) is 9.80 Å². The van der Waals surface area contributed by atoms with Gasteiger partial charge >= 0.3 is 0 Å². The fourth-order valence-electron chi connectivity index (χ4n) is 4.28. The summed E-state index contributed by atoms with van der Waals surface area (Å²) in [6.07, 6.45) is 7.34. The van der Waals surface area contributed by atoms with Crippen molar-refractivity contribution in [1.82, 2.24) is 9.80 Å². The van der Waals surface area contributed by atoms with E-state index in [0.717, 1.165) is 26.1 Å². The molecule has 0 radical (unpaired) electrons. The van der Waals surface area contributed by atoms with E-state index >= 15 is 0 Å². The van der Waals surface area contributed by atoms with Crippen molar-refractivity contribution < 1.29 is 9.50 Å². The molecule has 3 rings (SSSR count). The molecular weight excluding hydrogens is 327 g/mol. The predicted molar refractivity (Wildman–Crippen MR) is 95.8 cm³/mol. The van der Waals surface area contributed by atoms with Crippen LogP contribution in [0.2, 0.25) is 5.02 Å². The molecule has 2 fully saturated rings. The smallest absolute Gasteiger partial charge is 0.129 e. The largest absolute Gasteiger partial charge is 0.396 e. The van der Waals surface area contributed by atoms with Gasteiger partial charge in [-0.1, -0.05) is 36.9 Å². The third-order valence-corrected chi connectivity index (χ3v) is 5.92. The van der Waals surface area contributed by atoms with Crippen LogP contribution in [0, 0.1) is 5.82 Å². The summed E-state index contributed by atoms with van der Waals surface area (Å²) in [5, 5.41) is 9.98. The van der Waals surface area contributed by atoms with Gasteiger partial charge in [-0.15, -0.1) is 0 Å². The molecule has 1 aromatic carbocycles. The lowest BCUT2D eigenvalue weighted by Crippen LogP contribution is -2.56. The zero-order valence-electron chi connectivity index (χ0n) is 14.3. The normalized spacial score (nSPS) is 24.4. The minimum Gasteiger partial charge on any atom is -0.396 e. The molecule has 0 spiro atoms. The van der Waals surface area contributed by atoms with Crippen LogP contribution in [-0.2, 0) is 6.54 Å². The highest BCUT2D eigenvalue weighted by Gasteiger charge is 2.32. The topological polar surface area (TPSA) is 26.7 Å². The van der Waals surface area contributed by atoms with Crippen molar-refractivity contribution in [3.8, 4) is 0 Å². The second-order valence-electron chi connectivity index (χ2n) is 7.13. The Morgan fingerprint density at radius 3 is 2.67 bits per heavy atom. The molecule has 1 N–H and O–H groups in total. The molecule has 0 amide bonds. The lowest BCUT2D eigenvalue weighted by molar-refractivity contribution is 0.0133. The Kier molecular flexibility index (Phi) is 6.50. The Morgan fingerprint density at radius 1 is 1.17 bits per heavy atom. The molecule has 0 bridgehead atoms. The average molecular weight is 355 g/mol. The molecule has 1 heterocycles. The van der Waals surface area contributed by atoms with Crippen molar-refractivity contribution in [2.45, 2.75) is 57.2 Å². The first-order chi connectivity index (χ1) is 11.7. The van der Waals surface area contributed by atoms with E-state index in [1.165, 1.54) is 38.2 Å². The number of aliphatic hydroxyl groups is 1.